The van der Waals surface area contributed by atoms with Crippen molar-refractivity contribution in [2.24, 2.45) is 0 Å². The quantitative estimate of drug-likeness (QED) is 0.0387. The summed E-state index contributed by atoms with van der Waals surface area (Å²) >= 11 is 0. The summed E-state index contributed by atoms with van der Waals surface area (Å²) in [5.74, 6) is -1.25. The molecule has 9 nitrogen and oxygen atoms in total. The molecule has 0 atom stereocenters. The van der Waals surface area contributed by atoms with E-state index in [-0.39, 0.29) is 94.7 Å². The second-order valence-corrected chi connectivity index (χ2v) is 21.2. The van der Waals surface area contributed by atoms with E-state index >= 15 is 19.2 Å². The van der Waals surface area contributed by atoms with Crippen LogP contribution in [0, 0.1) is 83.1 Å². The number of hydrogen-bond donors (Lipinski definition) is 0. The van der Waals surface area contributed by atoms with E-state index in [1.54, 1.807) is 12.1 Å². The third-order valence-corrected chi connectivity index (χ3v) is 14.2. The fraction of sp³-hybridized carbons (Fsp3) is 0.412. The first-order chi connectivity index (χ1) is 36.7. The van der Waals surface area contributed by atoms with Gasteiger partial charge in [0.05, 0.1) is 37.6 Å². The fourth-order valence-electron chi connectivity index (χ4n) is 10.8. The van der Waals surface area contributed by atoms with Crippen molar-refractivity contribution in [1.82, 2.24) is 0 Å². The van der Waals surface area contributed by atoms with Gasteiger partial charge in [-0.1, -0.05) is 124 Å². The van der Waals surface area contributed by atoms with E-state index in [1.807, 2.05) is 132 Å². The molecule has 0 aliphatic rings. The number of hydrogen-bond acceptors (Lipinski definition) is 9. The number of benzene rings is 6. The van der Waals surface area contributed by atoms with Gasteiger partial charge in [-0.2, -0.15) is 0 Å². The van der Waals surface area contributed by atoms with Crippen LogP contribution in [0.1, 0.15) is 210 Å². The molecule has 0 aliphatic heterocycles. The van der Waals surface area contributed by atoms with Gasteiger partial charge in [-0.15, -0.1) is 0 Å². The Morgan fingerprint density at radius 1 is 0.299 bits per heavy atom. The number of unbranched alkanes of at least 4 members (excludes halogenated alkanes) is 4. The first kappa shape index (κ1) is 59.2. The predicted octanol–water partition coefficient (Wildman–Crippen LogP) is 16.8. The average Bonchev–Trinajstić information content (AvgIpc) is 3.34. The van der Waals surface area contributed by atoms with E-state index in [0.717, 1.165) is 92.4 Å². The summed E-state index contributed by atoms with van der Waals surface area (Å²) in [7, 11) is 0. The molecule has 0 bridgehead atoms. The average molecular weight is 1040 g/mol. The molecule has 0 spiro atoms. The van der Waals surface area contributed by atoms with Crippen LogP contribution < -0.4 is 23.7 Å². The van der Waals surface area contributed by atoms with Crippen LogP contribution >= 0.6 is 0 Å². The first-order valence-corrected chi connectivity index (χ1v) is 27.8. The molecule has 6 aromatic carbocycles. The SMILES string of the molecule is CCCCOc1c(Oc2cc(C(=O)c3c(C)cc(C)cc3C)c(OCCCC)c(C(=O)c3c(C)cc(C)cc3C)c2OCCCC)cc(C(=O)c2c(C)cc(C)cc2C)c(OCCCC)c1C(=O)c1c(C)cc(C)cc1C. The molecule has 9 heteroatoms. The smallest absolute Gasteiger partial charge is 0.201 e. The van der Waals surface area contributed by atoms with Crippen LogP contribution in [0.5, 0.6) is 34.5 Å². The van der Waals surface area contributed by atoms with Gasteiger partial charge in [-0.05, 0) is 165 Å². The van der Waals surface area contributed by atoms with E-state index in [2.05, 4.69) is 27.7 Å². The molecule has 6 rings (SSSR count). The van der Waals surface area contributed by atoms with Gasteiger partial charge >= 0.3 is 0 Å². The van der Waals surface area contributed by atoms with Crippen molar-refractivity contribution in [3.05, 3.63) is 172 Å². The number of aryl methyl sites for hydroxylation is 12. The highest BCUT2D eigenvalue weighted by atomic mass is 16.5. The number of carbonyl (C=O) groups is 4. The molecule has 0 unspecified atom stereocenters. The normalized spacial score (nSPS) is 11.2. The Hall–Kier alpha value is -7.00. The molecule has 77 heavy (non-hydrogen) atoms. The van der Waals surface area contributed by atoms with Gasteiger partial charge in [-0.3, -0.25) is 19.2 Å². The molecule has 0 fully saturated rings. The third-order valence-electron chi connectivity index (χ3n) is 14.2. The van der Waals surface area contributed by atoms with Gasteiger partial charge in [0.25, 0.3) is 0 Å². The second kappa shape index (κ2) is 26.4. The Labute approximate surface area is 459 Å². The highest BCUT2D eigenvalue weighted by Gasteiger charge is 2.37. The van der Waals surface area contributed by atoms with Gasteiger partial charge < -0.3 is 23.7 Å². The number of carbonyl (C=O) groups excluding carboxylic acids is 4. The lowest BCUT2D eigenvalue weighted by Gasteiger charge is -2.26. The summed E-state index contributed by atoms with van der Waals surface area (Å²) in [5.41, 5.74) is 12.1. The van der Waals surface area contributed by atoms with Gasteiger partial charge in [0.15, 0.2) is 34.6 Å². The second-order valence-electron chi connectivity index (χ2n) is 21.2. The lowest BCUT2D eigenvalue weighted by molar-refractivity contribution is 0.101. The summed E-state index contributed by atoms with van der Waals surface area (Å²) < 4.78 is 34.5. The van der Waals surface area contributed by atoms with Crippen molar-refractivity contribution in [3.8, 4) is 34.5 Å². The molecule has 0 saturated carbocycles. The van der Waals surface area contributed by atoms with Crippen molar-refractivity contribution in [3.63, 3.8) is 0 Å². The molecule has 6 aromatic rings. The van der Waals surface area contributed by atoms with Crippen molar-refractivity contribution < 1.29 is 42.9 Å². The van der Waals surface area contributed by atoms with Gasteiger partial charge in [0.1, 0.15) is 22.6 Å². The monoisotopic (exact) mass is 1040 g/mol. The van der Waals surface area contributed by atoms with Crippen LogP contribution in [0.25, 0.3) is 0 Å². The van der Waals surface area contributed by atoms with Gasteiger partial charge in [-0.25, -0.2) is 0 Å². The Morgan fingerprint density at radius 2 is 0.519 bits per heavy atom. The van der Waals surface area contributed by atoms with E-state index < -0.39 is 11.6 Å². The maximum absolute atomic E-state index is 15.9. The topological polar surface area (TPSA) is 114 Å². The van der Waals surface area contributed by atoms with Crippen molar-refractivity contribution in [1.29, 1.82) is 0 Å². The van der Waals surface area contributed by atoms with E-state index in [1.165, 1.54) is 0 Å². The maximum Gasteiger partial charge on any atom is 0.201 e. The van der Waals surface area contributed by atoms with Crippen LogP contribution in [0.3, 0.4) is 0 Å². The van der Waals surface area contributed by atoms with Gasteiger partial charge in [0, 0.05) is 22.3 Å². The zero-order chi connectivity index (χ0) is 56.4. The number of ketones is 4. The minimum absolute atomic E-state index is 0.00247. The van der Waals surface area contributed by atoms with Crippen LogP contribution in [0.2, 0.25) is 0 Å². The molecular weight excluding hydrogens is 961 g/mol. The molecular formula is C68H82O9. The van der Waals surface area contributed by atoms with Crippen molar-refractivity contribution in [2.75, 3.05) is 26.4 Å². The zero-order valence-electron chi connectivity index (χ0n) is 48.9. The van der Waals surface area contributed by atoms with Crippen molar-refractivity contribution in [2.45, 2.75) is 162 Å². The molecule has 0 aromatic heterocycles. The summed E-state index contributed by atoms with van der Waals surface area (Å²) in [6.07, 6.45) is 5.70. The van der Waals surface area contributed by atoms with Gasteiger partial charge in [0.2, 0.25) is 11.6 Å². The highest BCUT2D eigenvalue weighted by Crippen LogP contribution is 2.50. The van der Waals surface area contributed by atoms with E-state index in [0.29, 0.717) is 47.9 Å². The number of rotatable bonds is 26. The molecule has 0 heterocycles. The third kappa shape index (κ3) is 13.2. The van der Waals surface area contributed by atoms with Crippen LogP contribution in [-0.2, 0) is 0 Å². The minimum atomic E-state index is -0.406. The molecule has 0 N–H and O–H groups in total. The fourth-order valence-corrected chi connectivity index (χ4v) is 10.8. The van der Waals surface area contributed by atoms with Crippen LogP contribution in [0.15, 0.2) is 60.7 Å². The highest BCUT2D eigenvalue weighted by molar-refractivity contribution is 6.21. The van der Waals surface area contributed by atoms with Crippen molar-refractivity contribution >= 4 is 23.1 Å². The maximum atomic E-state index is 15.9. The minimum Gasteiger partial charge on any atom is -0.492 e. The molecule has 408 valence electrons. The lowest BCUT2D eigenvalue weighted by atomic mass is 9.87. The van der Waals surface area contributed by atoms with E-state index in [4.69, 9.17) is 23.7 Å². The molecule has 0 radical (unpaired) electrons. The predicted molar refractivity (Wildman–Crippen MR) is 311 cm³/mol. The largest absolute Gasteiger partial charge is 0.492 e. The van der Waals surface area contributed by atoms with Crippen LogP contribution in [-0.4, -0.2) is 49.6 Å². The standard InChI is InChI=1S/C68H82O9/c1-17-21-25-73-65-51(61(69)55-43(9)29-39(5)30-44(55)10)37-53(67(75-27-23-19-3)59(65)63(71)57-47(13)33-41(7)34-48(57)14)77-54-38-52(62(70)56-45(11)31-40(6)32-46(56)12)66(74-26-22-18-2)60(68(54)76-28-24-20-4)64(72)58-49(15)35-42(8)36-50(58)16/h29-38H,17-28H2,1-16H3. The first-order valence-electron chi connectivity index (χ1n) is 27.8. The molecule has 0 aliphatic carbocycles. The Kier molecular flexibility index (Phi) is 20.3. The summed E-state index contributed by atoms with van der Waals surface area (Å²) in [4.78, 5) is 63.2. The molecule has 0 amide bonds. The Bertz CT molecular complexity index is 2900. The number of ether oxygens (including phenoxy) is 5. The lowest BCUT2D eigenvalue weighted by Crippen LogP contribution is -2.18. The Balaban J connectivity index is 1.86. The summed E-state index contributed by atoms with van der Waals surface area (Å²) in [6.45, 7) is 32.2. The van der Waals surface area contributed by atoms with E-state index in [9.17, 15) is 0 Å². The Morgan fingerprint density at radius 3 is 0.753 bits per heavy atom. The molecule has 0 saturated heterocycles. The summed E-state index contributed by atoms with van der Waals surface area (Å²) in [5, 5.41) is 0. The van der Waals surface area contributed by atoms with Crippen LogP contribution in [0.4, 0.5) is 0 Å². The summed E-state index contributed by atoms with van der Waals surface area (Å²) in [6, 6.07) is 19.0. The zero-order valence-corrected chi connectivity index (χ0v) is 48.9.